The third kappa shape index (κ3) is 5.83. The van der Waals surface area contributed by atoms with Crippen LogP contribution >= 0.6 is 0 Å². The van der Waals surface area contributed by atoms with Gasteiger partial charge < -0.3 is 14.5 Å². The summed E-state index contributed by atoms with van der Waals surface area (Å²) in [6.07, 6.45) is -3.37. The number of sulfone groups is 1. The van der Waals surface area contributed by atoms with E-state index in [4.69, 9.17) is 4.42 Å². The van der Waals surface area contributed by atoms with Gasteiger partial charge in [-0.2, -0.15) is 13.2 Å². The number of nitrogens with zero attached hydrogens (tertiary/aromatic N) is 1. The van der Waals surface area contributed by atoms with Crippen molar-refractivity contribution in [3.05, 3.63) is 72.3 Å². The molecule has 7 nitrogen and oxygen atoms in total. The minimum absolute atomic E-state index is 0.0815. The molecule has 0 unspecified atom stereocenters. The minimum Gasteiger partial charge on any atom is -0.468 e. The molecule has 30 heavy (non-hydrogen) atoms. The Balaban J connectivity index is 1.61. The summed E-state index contributed by atoms with van der Waals surface area (Å²) >= 11 is 0. The average Bonchev–Trinajstić information content (AvgIpc) is 3.15. The second kappa shape index (κ2) is 8.57. The monoisotopic (exact) mass is 440 g/mol. The van der Waals surface area contributed by atoms with Crippen molar-refractivity contribution >= 4 is 21.4 Å². The molecular formula is C19H15F3N2O5S. The van der Waals surface area contributed by atoms with Crippen LogP contribution in [-0.2, 0) is 15.6 Å². The first-order chi connectivity index (χ1) is 14.1. The fourth-order valence-corrected chi connectivity index (χ4v) is 3.63. The van der Waals surface area contributed by atoms with E-state index < -0.39 is 34.3 Å². The number of hydrogen-bond donors (Lipinski definition) is 1. The zero-order valence-corrected chi connectivity index (χ0v) is 16.0. The van der Waals surface area contributed by atoms with Crippen LogP contribution in [-0.4, -0.2) is 32.1 Å². The van der Waals surface area contributed by atoms with Gasteiger partial charge in [0.25, 0.3) is 5.91 Å². The van der Waals surface area contributed by atoms with E-state index in [0.29, 0.717) is 0 Å². The number of furan rings is 1. The lowest BCUT2D eigenvalue weighted by atomic mass is 10.3. The van der Waals surface area contributed by atoms with Gasteiger partial charge in [0, 0.05) is 6.07 Å². The van der Waals surface area contributed by atoms with E-state index in [9.17, 15) is 26.4 Å². The van der Waals surface area contributed by atoms with Crippen LogP contribution in [0.15, 0.2) is 70.1 Å². The van der Waals surface area contributed by atoms with Crippen LogP contribution in [0, 0.1) is 0 Å². The molecule has 1 amide bonds. The summed E-state index contributed by atoms with van der Waals surface area (Å²) in [5.41, 5.74) is 0.189. The Morgan fingerprint density at radius 3 is 2.43 bits per heavy atom. The van der Waals surface area contributed by atoms with E-state index in [0.717, 1.165) is 6.20 Å². The van der Waals surface area contributed by atoms with E-state index in [2.05, 4.69) is 15.0 Å². The first-order valence-electron chi connectivity index (χ1n) is 8.46. The lowest BCUT2D eigenvalue weighted by Gasteiger charge is -2.08. The molecule has 1 aromatic carbocycles. The van der Waals surface area contributed by atoms with Crippen LogP contribution in [0.1, 0.15) is 16.3 Å². The van der Waals surface area contributed by atoms with Gasteiger partial charge in [-0.15, -0.1) is 0 Å². The number of pyridine rings is 1. The number of hydrogen-bond acceptors (Lipinski definition) is 6. The Morgan fingerprint density at radius 2 is 1.80 bits per heavy atom. The molecule has 0 saturated carbocycles. The molecule has 0 aliphatic carbocycles. The summed E-state index contributed by atoms with van der Waals surface area (Å²) in [4.78, 5) is 16.0. The second-order valence-corrected chi connectivity index (χ2v) is 8.07. The van der Waals surface area contributed by atoms with Gasteiger partial charge in [0.05, 0.1) is 16.8 Å². The van der Waals surface area contributed by atoms with E-state index >= 15 is 0 Å². The molecule has 0 radical (unpaired) electrons. The van der Waals surface area contributed by atoms with E-state index in [1.807, 2.05) is 0 Å². The highest BCUT2D eigenvalue weighted by molar-refractivity contribution is 7.90. The van der Waals surface area contributed by atoms with Crippen molar-refractivity contribution in [1.82, 2.24) is 4.98 Å². The van der Waals surface area contributed by atoms with Crippen LogP contribution < -0.4 is 10.1 Å². The Kier molecular flexibility index (Phi) is 6.11. The van der Waals surface area contributed by atoms with Gasteiger partial charge in [0.15, 0.2) is 22.2 Å². The number of amides is 1. The van der Waals surface area contributed by atoms with Gasteiger partial charge in [-0.25, -0.2) is 13.4 Å². The number of anilines is 1. The van der Waals surface area contributed by atoms with Crippen LogP contribution in [0.5, 0.6) is 5.88 Å². The smallest absolute Gasteiger partial charge is 0.422 e. The molecule has 2 aromatic heterocycles. The molecule has 1 N–H and O–H groups in total. The zero-order chi connectivity index (χ0) is 21.8. The van der Waals surface area contributed by atoms with Crippen molar-refractivity contribution in [3.63, 3.8) is 0 Å². The molecule has 2 heterocycles. The maximum absolute atomic E-state index is 12.4. The molecule has 0 bridgehead atoms. The zero-order valence-electron chi connectivity index (χ0n) is 15.2. The molecule has 0 aliphatic rings. The molecule has 0 atom stereocenters. The SMILES string of the molecule is O=C(Nc1ccc(OCC(F)(F)F)nc1)c1ccc(CS(=O)(=O)c2ccccc2)o1. The van der Waals surface area contributed by atoms with Crippen molar-refractivity contribution in [2.75, 3.05) is 11.9 Å². The summed E-state index contributed by atoms with van der Waals surface area (Å²) < 4.78 is 70.9. The fourth-order valence-electron chi connectivity index (χ4n) is 2.36. The first-order valence-corrected chi connectivity index (χ1v) is 10.1. The Hall–Kier alpha value is -3.34. The minimum atomic E-state index is -4.49. The number of rotatable bonds is 7. The van der Waals surface area contributed by atoms with E-state index in [1.165, 1.54) is 36.4 Å². The summed E-state index contributed by atoms with van der Waals surface area (Å²) in [5, 5.41) is 2.44. The lowest BCUT2D eigenvalue weighted by molar-refractivity contribution is -0.154. The molecule has 3 aromatic rings. The van der Waals surface area contributed by atoms with Gasteiger partial charge in [-0.05, 0) is 30.3 Å². The van der Waals surface area contributed by atoms with Crippen LogP contribution in [0.25, 0.3) is 0 Å². The molecule has 11 heteroatoms. The molecule has 0 saturated heterocycles. The van der Waals surface area contributed by atoms with Gasteiger partial charge in [-0.1, -0.05) is 18.2 Å². The van der Waals surface area contributed by atoms with Gasteiger partial charge in [-0.3, -0.25) is 4.79 Å². The number of ether oxygens (including phenoxy) is 1. The molecule has 0 aliphatic heterocycles. The summed E-state index contributed by atoms with van der Waals surface area (Å²) in [6, 6.07) is 13.0. The Labute approximate surface area is 169 Å². The summed E-state index contributed by atoms with van der Waals surface area (Å²) in [7, 11) is -3.63. The van der Waals surface area contributed by atoms with Crippen molar-refractivity contribution in [3.8, 4) is 5.88 Å². The highest BCUT2D eigenvalue weighted by atomic mass is 32.2. The van der Waals surface area contributed by atoms with Crippen LogP contribution in [0.4, 0.5) is 18.9 Å². The van der Waals surface area contributed by atoms with Crippen molar-refractivity contribution < 1.29 is 35.5 Å². The van der Waals surface area contributed by atoms with Crippen LogP contribution in [0.3, 0.4) is 0 Å². The fraction of sp³-hybridized carbons (Fsp3) is 0.158. The lowest BCUT2D eigenvalue weighted by Crippen LogP contribution is -2.19. The predicted octanol–water partition coefficient (Wildman–Crippen LogP) is 3.84. The quantitative estimate of drug-likeness (QED) is 0.599. The normalized spacial score (nSPS) is 11.8. The number of carbonyl (C=O) groups is 1. The Morgan fingerprint density at radius 1 is 1.07 bits per heavy atom. The molecule has 3 rings (SSSR count). The maximum Gasteiger partial charge on any atom is 0.422 e. The first kappa shape index (κ1) is 21.4. The number of halogens is 3. The molecule has 0 spiro atoms. The largest absolute Gasteiger partial charge is 0.468 e. The summed E-state index contributed by atoms with van der Waals surface area (Å²) in [5.74, 6) is -1.40. The van der Waals surface area contributed by atoms with E-state index in [1.54, 1.807) is 18.2 Å². The van der Waals surface area contributed by atoms with E-state index in [-0.39, 0.29) is 28.0 Å². The molecular weight excluding hydrogens is 425 g/mol. The highest BCUT2D eigenvalue weighted by Gasteiger charge is 2.28. The van der Waals surface area contributed by atoms with Crippen molar-refractivity contribution in [2.24, 2.45) is 0 Å². The van der Waals surface area contributed by atoms with Gasteiger partial charge in [0.1, 0.15) is 11.5 Å². The number of benzene rings is 1. The van der Waals surface area contributed by atoms with Gasteiger partial charge >= 0.3 is 6.18 Å². The average molecular weight is 440 g/mol. The van der Waals surface area contributed by atoms with Crippen molar-refractivity contribution in [1.29, 1.82) is 0 Å². The number of nitrogens with one attached hydrogen (secondary N) is 1. The van der Waals surface area contributed by atoms with Gasteiger partial charge in [0.2, 0.25) is 5.88 Å². The maximum atomic E-state index is 12.4. The van der Waals surface area contributed by atoms with Crippen molar-refractivity contribution in [2.45, 2.75) is 16.8 Å². The number of carbonyl (C=O) groups excluding carboxylic acids is 1. The standard InChI is InChI=1S/C19H15F3N2O5S/c20-19(21,22)12-28-17-9-6-13(10-23-17)24-18(25)16-8-7-14(29-16)11-30(26,27)15-4-2-1-3-5-15/h1-10H,11-12H2,(H,24,25). The molecule has 158 valence electrons. The third-order valence-corrected chi connectivity index (χ3v) is 5.35. The highest BCUT2D eigenvalue weighted by Crippen LogP contribution is 2.20. The second-order valence-electron chi connectivity index (χ2n) is 6.08. The van der Waals surface area contributed by atoms with Crippen LogP contribution in [0.2, 0.25) is 0 Å². The topological polar surface area (TPSA) is 98.5 Å². The summed E-state index contributed by atoms with van der Waals surface area (Å²) in [6.45, 7) is -1.48. The number of aromatic nitrogens is 1. The Bertz CT molecular complexity index is 1110. The predicted molar refractivity (Wildman–Crippen MR) is 99.8 cm³/mol. The number of alkyl halides is 3. The third-order valence-electron chi connectivity index (χ3n) is 3.70. The molecule has 0 fully saturated rings.